The first-order valence-corrected chi connectivity index (χ1v) is 4.65. The molecular formula is C11H11N3O. The maximum absolute atomic E-state index is 10.2. The van der Waals surface area contributed by atoms with E-state index in [2.05, 4.69) is 10.2 Å². The predicted molar refractivity (Wildman–Crippen MR) is 60.4 cm³/mol. The second-order valence-electron chi connectivity index (χ2n) is 3.48. The minimum Gasteiger partial charge on any atom is -0.383 e. The largest absolute Gasteiger partial charge is 0.383 e. The van der Waals surface area contributed by atoms with Crippen molar-refractivity contribution in [2.75, 3.05) is 5.73 Å². The molecule has 0 aliphatic heterocycles. The Kier molecular flexibility index (Phi) is 2.33. The number of hydrogen-bond donors (Lipinski definition) is 1. The highest BCUT2D eigenvalue weighted by molar-refractivity contribution is 5.91. The SMILES string of the molecule is Cc1cc2c(N)nccc2cc1CN=O. The summed E-state index contributed by atoms with van der Waals surface area (Å²) in [5, 5.41) is 4.81. The molecule has 0 saturated heterocycles. The van der Waals surface area contributed by atoms with Gasteiger partial charge in [-0.05, 0) is 41.6 Å². The Morgan fingerprint density at radius 2 is 2.27 bits per heavy atom. The molecule has 76 valence electrons. The number of benzene rings is 1. The van der Waals surface area contributed by atoms with E-state index in [0.29, 0.717) is 5.82 Å². The number of nitrogens with two attached hydrogens (primary N) is 1. The molecule has 0 fully saturated rings. The number of hydrogen-bond acceptors (Lipinski definition) is 4. The van der Waals surface area contributed by atoms with Crippen molar-refractivity contribution < 1.29 is 0 Å². The molecule has 2 aromatic rings. The zero-order valence-corrected chi connectivity index (χ0v) is 8.40. The highest BCUT2D eigenvalue weighted by Crippen LogP contribution is 2.23. The highest BCUT2D eigenvalue weighted by atomic mass is 16.3. The summed E-state index contributed by atoms with van der Waals surface area (Å²) in [6.45, 7) is 2.14. The van der Waals surface area contributed by atoms with Crippen molar-refractivity contribution in [3.8, 4) is 0 Å². The van der Waals surface area contributed by atoms with E-state index in [4.69, 9.17) is 5.73 Å². The van der Waals surface area contributed by atoms with Crippen LogP contribution in [0.15, 0.2) is 29.6 Å². The van der Waals surface area contributed by atoms with E-state index in [9.17, 15) is 4.91 Å². The second-order valence-corrected chi connectivity index (χ2v) is 3.48. The quantitative estimate of drug-likeness (QED) is 0.758. The van der Waals surface area contributed by atoms with E-state index in [-0.39, 0.29) is 6.54 Å². The molecule has 4 heteroatoms. The third kappa shape index (κ3) is 1.66. The number of pyridine rings is 1. The molecular weight excluding hydrogens is 190 g/mol. The fourth-order valence-corrected chi connectivity index (χ4v) is 1.64. The van der Waals surface area contributed by atoms with Crippen LogP contribution in [0.4, 0.5) is 5.82 Å². The smallest absolute Gasteiger partial charge is 0.131 e. The van der Waals surface area contributed by atoms with Crippen LogP contribution in [0.2, 0.25) is 0 Å². The van der Waals surface area contributed by atoms with Crippen LogP contribution >= 0.6 is 0 Å². The number of nitrogen functional groups attached to an aromatic ring is 1. The molecule has 0 radical (unpaired) electrons. The van der Waals surface area contributed by atoms with Gasteiger partial charge in [0.25, 0.3) is 0 Å². The Bertz CT molecular complexity index is 522. The number of nitroso groups, excluding NO2 is 1. The Morgan fingerprint density at radius 1 is 1.47 bits per heavy atom. The van der Waals surface area contributed by atoms with Gasteiger partial charge in [-0.3, -0.25) is 0 Å². The maximum atomic E-state index is 10.2. The summed E-state index contributed by atoms with van der Waals surface area (Å²) in [6.07, 6.45) is 1.66. The first-order chi connectivity index (χ1) is 7.22. The normalized spacial score (nSPS) is 10.5. The van der Waals surface area contributed by atoms with Crippen LogP contribution in [0.25, 0.3) is 10.8 Å². The summed E-state index contributed by atoms with van der Waals surface area (Å²) < 4.78 is 0. The van der Waals surface area contributed by atoms with Gasteiger partial charge in [0.2, 0.25) is 0 Å². The average molecular weight is 201 g/mol. The van der Waals surface area contributed by atoms with Crippen LogP contribution in [0.3, 0.4) is 0 Å². The molecule has 4 nitrogen and oxygen atoms in total. The van der Waals surface area contributed by atoms with Gasteiger partial charge < -0.3 is 5.73 Å². The van der Waals surface area contributed by atoms with Gasteiger partial charge >= 0.3 is 0 Å². The molecule has 0 aliphatic rings. The summed E-state index contributed by atoms with van der Waals surface area (Å²) in [5.41, 5.74) is 7.70. The molecule has 0 spiro atoms. The lowest BCUT2D eigenvalue weighted by Crippen LogP contribution is -1.93. The summed E-state index contributed by atoms with van der Waals surface area (Å²) in [5.74, 6) is 0.515. The van der Waals surface area contributed by atoms with Crippen molar-refractivity contribution >= 4 is 16.6 Å². The van der Waals surface area contributed by atoms with Crippen molar-refractivity contribution in [1.82, 2.24) is 4.98 Å². The Labute approximate surface area is 87.1 Å². The van der Waals surface area contributed by atoms with Gasteiger partial charge in [0.1, 0.15) is 12.4 Å². The van der Waals surface area contributed by atoms with E-state index in [0.717, 1.165) is 21.9 Å². The molecule has 15 heavy (non-hydrogen) atoms. The van der Waals surface area contributed by atoms with Gasteiger partial charge in [0.05, 0.1) is 0 Å². The molecule has 1 aromatic heterocycles. The van der Waals surface area contributed by atoms with Crippen LogP contribution in [-0.4, -0.2) is 4.98 Å². The molecule has 1 aromatic carbocycles. The van der Waals surface area contributed by atoms with Crippen molar-refractivity contribution in [3.05, 3.63) is 40.4 Å². The van der Waals surface area contributed by atoms with Crippen LogP contribution in [0, 0.1) is 11.8 Å². The molecule has 0 saturated carbocycles. The molecule has 2 rings (SSSR count). The third-order valence-corrected chi connectivity index (χ3v) is 2.49. The summed E-state index contributed by atoms with van der Waals surface area (Å²) in [4.78, 5) is 14.3. The van der Waals surface area contributed by atoms with Gasteiger partial charge in [0.15, 0.2) is 0 Å². The molecule has 0 aliphatic carbocycles. The van der Waals surface area contributed by atoms with Crippen molar-refractivity contribution in [2.24, 2.45) is 5.18 Å². The lowest BCUT2D eigenvalue weighted by molar-refractivity contribution is 1.04. The van der Waals surface area contributed by atoms with E-state index in [1.165, 1.54) is 0 Å². The van der Waals surface area contributed by atoms with Crippen molar-refractivity contribution in [2.45, 2.75) is 13.5 Å². The number of aromatic nitrogens is 1. The molecule has 0 unspecified atom stereocenters. The lowest BCUT2D eigenvalue weighted by atomic mass is 10.0. The van der Waals surface area contributed by atoms with Gasteiger partial charge in [-0.1, -0.05) is 5.18 Å². The van der Waals surface area contributed by atoms with Crippen LogP contribution in [0.5, 0.6) is 0 Å². The van der Waals surface area contributed by atoms with Gasteiger partial charge in [-0.25, -0.2) is 4.98 Å². The van der Waals surface area contributed by atoms with Crippen LogP contribution < -0.4 is 5.73 Å². The Morgan fingerprint density at radius 3 is 3.00 bits per heavy atom. The highest BCUT2D eigenvalue weighted by Gasteiger charge is 2.04. The van der Waals surface area contributed by atoms with Gasteiger partial charge in [-0.15, -0.1) is 0 Å². The molecule has 0 amide bonds. The maximum Gasteiger partial charge on any atom is 0.131 e. The summed E-state index contributed by atoms with van der Waals surface area (Å²) in [6, 6.07) is 5.75. The first-order valence-electron chi connectivity index (χ1n) is 4.65. The molecule has 0 bridgehead atoms. The monoisotopic (exact) mass is 201 g/mol. The van der Waals surface area contributed by atoms with Gasteiger partial charge in [-0.2, -0.15) is 4.91 Å². The molecule has 2 N–H and O–H groups in total. The molecule has 1 heterocycles. The third-order valence-electron chi connectivity index (χ3n) is 2.49. The zero-order valence-electron chi connectivity index (χ0n) is 8.40. The second kappa shape index (κ2) is 3.65. The molecule has 0 atom stereocenters. The zero-order chi connectivity index (χ0) is 10.8. The van der Waals surface area contributed by atoms with E-state index in [1.807, 2.05) is 25.1 Å². The summed E-state index contributed by atoms with van der Waals surface area (Å²) >= 11 is 0. The average Bonchev–Trinajstić information content (AvgIpc) is 2.21. The van der Waals surface area contributed by atoms with Crippen molar-refractivity contribution in [1.29, 1.82) is 0 Å². The number of aryl methyl sites for hydroxylation is 1. The summed E-state index contributed by atoms with van der Waals surface area (Å²) in [7, 11) is 0. The fraction of sp³-hybridized carbons (Fsp3) is 0.182. The standard InChI is InChI=1S/C11H11N3O/c1-7-4-10-8(2-3-13-11(10)12)5-9(7)6-14-15/h2-5H,6H2,1H3,(H2,12,13). The lowest BCUT2D eigenvalue weighted by Gasteiger charge is -2.06. The van der Waals surface area contributed by atoms with E-state index in [1.54, 1.807) is 6.20 Å². The Hall–Kier alpha value is -1.97. The van der Waals surface area contributed by atoms with Crippen molar-refractivity contribution in [3.63, 3.8) is 0 Å². The Balaban J connectivity index is 2.70. The van der Waals surface area contributed by atoms with E-state index >= 15 is 0 Å². The minimum absolute atomic E-state index is 0.198. The topological polar surface area (TPSA) is 68.3 Å². The fourth-order valence-electron chi connectivity index (χ4n) is 1.64. The minimum atomic E-state index is 0.198. The first kappa shape index (κ1) is 9.58. The number of rotatable bonds is 2. The van der Waals surface area contributed by atoms with Crippen LogP contribution in [-0.2, 0) is 6.54 Å². The number of nitrogens with zero attached hydrogens (tertiary/aromatic N) is 2. The number of fused-ring (bicyclic) bond motifs is 1. The number of anilines is 1. The predicted octanol–water partition coefficient (Wildman–Crippen LogP) is 2.39. The van der Waals surface area contributed by atoms with Crippen LogP contribution in [0.1, 0.15) is 11.1 Å². The van der Waals surface area contributed by atoms with Gasteiger partial charge in [0, 0.05) is 11.6 Å². The van der Waals surface area contributed by atoms with E-state index < -0.39 is 0 Å².